The lowest BCUT2D eigenvalue weighted by Crippen LogP contribution is -2.32. The zero-order valence-corrected chi connectivity index (χ0v) is 16.4. The number of hydrogen-bond donors (Lipinski definition) is 1. The highest BCUT2D eigenvalue weighted by molar-refractivity contribution is 7.25. The van der Waals surface area contributed by atoms with Crippen LogP contribution >= 0.6 is 11.3 Å². The second kappa shape index (κ2) is 6.68. The Hall–Kier alpha value is -3.65. The van der Waals surface area contributed by atoms with Crippen LogP contribution in [0.2, 0.25) is 0 Å². The SMILES string of the molecule is O=C(c1c(O)c2cc3c(cc2n(-c2ccccc2)c1=O)sc1ccccc13)C(F)(F)F. The number of Topliss-reactive ketones (excluding diaryl/α,β-unsaturated/α-hetero) is 1. The number of rotatable bonds is 2. The van der Waals surface area contributed by atoms with Crippen LogP contribution in [-0.4, -0.2) is 21.6 Å². The number of ketones is 1. The molecule has 0 spiro atoms. The number of carbonyl (C=O) groups excluding carboxylic acids is 1. The van der Waals surface area contributed by atoms with Gasteiger partial charge in [-0.15, -0.1) is 11.3 Å². The molecule has 0 atom stereocenters. The summed E-state index contributed by atoms with van der Waals surface area (Å²) in [6, 6.07) is 18.7. The number of thiophene rings is 1. The number of pyridine rings is 1. The summed E-state index contributed by atoms with van der Waals surface area (Å²) in [6.45, 7) is 0. The van der Waals surface area contributed by atoms with Gasteiger partial charge in [-0.2, -0.15) is 13.2 Å². The van der Waals surface area contributed by atoms with Crippen LogP contribution in [-0.2, 0) is 0 Å². The van der Waals surface area contributed by atoms with E-state index >= 15 is 0 Å². The van der Waals surface area contributed by atoms with Crippen LogP contribution < -0.4 is 5.56 Å². The number of hydrogen-bond acceptors (Lipinski definition) is 4. The average Bonchev–Trinajstić information content (AvgIpc) is 3.10. The zero-order valence-electron chi connectivity index (χ0n) is 15.6. The van der Waals surface area contributed by atoms with Crippen LogP contribution in [0, 0.1) is 0 Å². The summed E-state index contributed by atoms with van der Waals surface area (Å²) in [6.07, 6.45) is -5.31. The minimum atomic E-state index is -5.31. The quantitative estimate of drug-likeness (QED) is 0.353. The molecule has 31 heavy (non-hydrogen) atoms. The topological polar surface area (TPSA) is 59.3 Å². The van der Waals surface area contributed by atoms with Gasteiger partial charge in [0.05, 0.1) is 5.52 Å². The van der Waals surface area contributed by atoms with Crippen LogP contribution in [0.1, 0.15) is 10.4 Å². The number of benzene rings is 3. The predicted octanol–water partition coefficient (Wildman–Crippen LogP) is 5.81. The second-order valence-corrected chi connectivity index (χ2v) is 8.07. The first-order chi connectivity index (χ1) is 14.8. The molecule has 3 aromatic carbocycles. The van der Waals surface area contributed by atoms with Gasteiger partial charge in [-0.3, -0.25) is 14.2 Å². The van der Waals surface area contributed by atoms with Crippen molar-refractivity contribution in [3.8, 4) is 11.4 Å². The lowest BCUT2D eigenvalue weighted by Gasteiger charge is -2.16. The van der Waals surface area contributed by atoms with Crippen molar-refractivity contribution in [2.45, 2.75) is 6.18 Å². The van der Waals surface area contributed by atoms with Gasteiger partial charge in [0.2, 0.25) is 0 Å². The predicted molar refractivity (Wildman–Crippen MR) is 114 cm³/mol. The Balaban J connectivity index is 2.00. The molecule has 4 nitrogen and oxygen atoms in total. The molecule has 0 bridgehead atoms. The maximum absolute atomic E-state index is 13.2. The van der Waals surface area contributed by atoms with E-state index in [1.54, 1.807) is 36.4 Å². The molecule has 0 saturated heterocycles. The number of aromatic nitrogens is 1. The molecule has 154 valence electrons. The van der Waals surface area contributed by atoms with Gasteiger partial charge >= 0.3 is 6.18 Å². The Bertz CT molecular complexity index is 1570. The number of carbonyl (C=O) groups is 1. The van der Waals surface area contributed by atoms with Gasteiger partial charge in [-0.25, -0.2) is 0 Å². The fraction of sp³-hybridized carbons (Fsp3) is 0.0435. The van der Waals surface area contributed by atoms with Crippen molar-refractivity contribution < 1.29 is 23.1 Å². The van der Waals surface area contributed by atoms with Gasteiger partial charge in [0.15, 0.2) is 0 Å². The largest absolute Gasteiger partial charge is 0.506 e. The summed E-state index contributed by atoms with van der Waals surface area (Å²) in [4.78, 5) is 25.2. The molecule has 5 rings (SSSR count). The molecule has 0 aliphatic carbocycles. The van der Waals surface area contributed by atoms with Crippen molar-refractivity contribution in [1.29, 1.82) is 0 Å². The fourth-order valence-electron chi connectivity index (χ4n) is 3.77. The Labute approximate surface area is 176 Å². The molecule has 0 radical (unpaired) electrons. The summed E-state index contributed by atoms with van der Waals surface area (Å²) < 4.78 is 42.5. The highest BCUT2D eigenvalue weighted by atomic mass is 32.1. The third-order valence-corrected chi connectivity index (χ3v) is 6.28. The van der Waals surface area contributed by atoms with E-state index in [2.05, 4.69) is 0 Å². The molecule has 0 aliphatic heterocycles. The van der Waals surface area contributed by atoms with Crippen LogP contribution in [0.4, 0.5) is 13.2 Å². The van der Waals surface area contributed by atoms with E-state index in [-0.39, 0.29) is 16.6 Å². The summed E-state index contributed by atoms with van der Waals surface area (Å²) in [5.41, 5.74) is -2.01. The molecule has 1 N–H and O–H groups in total. The molecule has 0 saturated carbocycles. The molecular weight excluding hydrogens is 427 g/mol. The van der Waals surface area contributed by atoms with E-state index in [9.17, 15) is 27.9 Å². The van der Waals surface area contributed by atoms with Crippen molar-refractivity contribution in [3.63, 3.8) is 0 Å². The summed E-state index contributed by atoms with van der Waals surface area (Å²) in [5.74, 6) is -3.34. The Morgan fingerprint density at radius 1 is 0.871 bits per heavy atom. The van der Waals surface area contributed by atoms with Gasteiger partial charge in [0.25, 0.3) is 11.3 Å². The van der Waals surface area contributed by atoms with Crippen molar-refractivity contribution in [1.82, 2.24) is 4.57 Å². The summed E-state index contributed by atoms with van der Waals surface area (Å²) in [5, 5.41) is 12.2. The average molecular weight is 439 g/mol. The molecule has 2 heterocycles. The molecule has 5 aromatic rings. The van der Waals surface area contributed by atoms with Crippen LogP contribution in [0.15, 0.2) is 71.5 Å². The van der Waals surface area contributed by atoms with Crippen molar-refractivity contribution in [2.24, 2.45) is 0 Å². The van der Waals surface area contributed by atoms with Crippen LogP contribution in [0.25, 0.3) is 36.8 Å². The number of halogens is 3. The van der Waals surface area contributed by atoms with Gasteiger partial charge in [-0.1, -0.05) is 36.4 Å². The minimum Gasteiger partial charge on any atom is -0.506 e. The number of fused-ring (bicyclic) bond motifs is 4. The molecule has 0 aliphatic rings. The van der Waals surface area contributed by atoms with Crippen molar-refractivity contribution in [2.75, 3.05) is 0 Å². The summed E-state index contributed by atoms with van der Waals surface area (Å²) in [7, 11) is 0. The van der Waals surface area contributed by atoms with Gasteiger partial charge in [0.1, 0.15) is 11.3 Å². The molecule has 2 aromatic heterocycles. The number of nitrogens with zero attached hydrogens (tertiary/aromatic N) is 1. The Morgan fingerprint density at radius 2 is 1.55 bits per heavy atom. The highest BCUT2D eigenvalue weighted by Crippen LogP contribution is 2.40. The van der Waals surface area contributed by atoms with Crippen LogP contribution in [0.3, 0.4) is 0 Å². The number of para-hydroxylation sites is 1. The van der Waals surface area contributed by atoms with Gasteiger partial charge in [-0.05, 0) is 30.3 Å². The molecular formula is C23H12F3NO3S. The van der Waals surface area contributed by atoms with Crippen LogP contribution in [0.5, 0.6) is 5.75 Å². The lowest BCUT2D eigenvalue weighted by atomic mass is 10.0. The number of alkyl halides is 3. The first-order valence-electron chi connectivity index (χ1n) is 9.17. The maximum atomic E-state index is 13.2. The van der Waals surface area contributed by atoms with E-state index in [1.807, 2.05) is 24.3 Å². The molecule has 0 amide bonds. The monoisotopic (exact) mass is 439 g/mol. The summed E-state index contributed by atoms with van der Waals surface area (Å²) >= 11 is 1.46. The Morgan fingerprint density at radius 3 is 2.26 bits per heavy atom. The molecule has 0 fully saturated rings. The first-order valence-corrected chi connectivity index (χ1v) is 9.99. The maximum Gasteiger partial charge on any atom is 0.455 e. The smallest absolute Gasteiger partial charge is 0.455 e. The van der Waals surface area contributed by atoms with E-state index in [0.29, 0.717) is 5.39 Å². The van der Waals surface area contributed by atoms with Gasteiger partial charge < -0.3 is 5.11 Å². The lowest BCUT2D eigenvalue weighted by molar-refractivity contribution is -0.0887. The van der Waals surface area contributed by atoms with Crippen molar-refractivity contribution in [3.05, 3.63) is 82.6 Å². The van der Waals surface area contributed by atoms with Gasteiger partial charge in [0, 0.05) is 31.2 Å². The molecule has 0 unspecified atom stereocenters. The first kappa shape index (κ1) is 19.3. The normalized spacial score (nSPS) is 12.1. The minimum absolute atomic E-state index is 0.00731. The van der Waals surface area contributed by atoms with E-state index < -0.39 is 28.8 Å². The van der Waals surface area contributed by atoms with E-state index in [0.717, 1.165) is 19.4 Å². The Kier molecular flexibility index (Phi) is 4.16. The fourth-order valence-corrected chi connectivity index (χ4v) is 4.89. The molecule has 8 heteroatoms. The third-order valence-electron chi connectivity index (χ3n) is 5.14. The highest BCUT2D eigenvalue weighted by Gasteiger charge is 2.43. The third kappa shape index (κ3) is 2.90. The zero-order chi connectivity index (χ0) is 21.9. The standard InChI is InChI=1S/C23H12F3NO3S/c24-23(25,26)21(29)19-20(28)15-10-14-13-8-4-5-9-17(13)31-18(14)11-16(15)27(22(19)30)12-6-2-1-3-7-12/h1-11,28H. The number of aromatic hydroxyl groups is 1. The second-order valence-electron chi connectivity index (χ2n) is 6.99. The van der Waals surface area contributed by atoms with E-state index in [4.69, 9.17) is 0 Å². The van der Waals surface area contributed by atoms with Crippen molar-refractivity contribution >= 4 is 48.2 Å². The van der Waals surface area contributed by atoms with E-state index in [1.165, 1.54) is 17.4 Å².